The van der Waals surface area contributed by atoms with Gasteiger partial charge in [-0.25, -0.2) is 0 Å². The molecule has 0 aliphatic carbocycles. The first-order chi connectivity index (χ1) is 9.91. The van der Waals surface area contributed by atoms with Crippen molar-refractivity contribution in [2.45, 2.75) is 22.5 Å². The van der Waals surface area contributed by atoms with E-state index in [1.807, 2.05) is 12.1 Å². The fourth-order valence-corrected chi connectivity index (χ4v) is 3.35. The van der Waals surface area contributed by atoms with Gasteiger partial charge in [0.1, 0.15) is 0 Å². The van der Waals surface area contributed by atoms with Gasteiger partial charge in [-0.05, 0) is 52.8 Å². The largest absolute Gasteiger partial charge is 0.417 e. The summed E-state index contributed by atoms with van der Waals surface area (Å²) in [4.78, 5) is 0.957. The van der Waals surface area contributed by atoms with Gasteiger partial charge in [-0.1, -0.05) is 30.0 Å². The molecule has 0 aromatic heterocycles. The molecule has 21 heavy (non-hydrogen) atoms. The lowest BCUT2D eigenvalue weighted by Crippen LogP contribution is -2.10. The standard InChI is InChI=1S/C15H13BrF3NS/c1-20-9-10-6-7-13(11(8-10)15(17,18)19)21-14-5-3-2-4-12(14)16/h2-8,20H,9H2,1H3. The molecule has 0 radical (unpaired) electrons. The molecule has 0 fully saturated rings. The summed E-state index contributed by atoms with van der Waals surface area (Å²) in [6.07, 6.45) is -4.37. The van der Waals surface area contributed by atoms with Gasteiger partial charge in [0.2, 0.25) is 0 Å². The zero-order chi connectivity index (χ0) is 15.5. The molecule has 112 valence electrons. The topological polar surface area (TPSA) is 12.0 Å². The molecular weight excluding hydrogens is 363 g/mol. The van der Waals surface area contributed by atoms with Gasteiger partial charge < -0.3 is 5.32 Å². The fraction of sp³-hybridized carbons (Fsp3) is 0.200. The third kappa shape index (κ3) is 4.25. The zero-order valence-corrected chi connectivity index (χ0v) is 13.6. The highest BCUT2D eigenvalue weighted by atomic mass is 79.9. The first-order valence-electron chi connectivity index (χ1n) is 6.19. The van der Waals surface area contributed by atoms with Crippen LogP contribution in [0.5, 0.6) is 0 Å². The minimum absolute atomic E-state index is 0.203. The molecule has 2 rings (SSSR count). The molecule has 0 saturated carbocycles. The lowest BCUT2D eigenvalue weighted by Gasteiger charge is -2.14. The first kappa shape index (κ1) is 16.4. The van der Waals surface area contributed by atoms with E-state index in [-0.39, 0.29) is 4.90 Å². The van der Waals surface area contributed by atoms with Crippen LogP contribution in [0.1, 0.15) is 11.1 Å². The van der Waals surface area contributed by atoms with Crippen LogP contribution >= 0.6 is 27.7 Å². The van der Waals surface area contributed by atoms with Gasteiger partial charge in [0.25, 0.3) is 0 Å². The van der Waals surface area contributed by atoms with Crippen molar-refractivity contribution in [1.82, 2.24) is 5.32 Å². The third-order valence-electron chi connectivity index (χ3n) is 2.79. The molecule has 2 aromatic carbocycles. The lowest BCUT2D eigenvalue weighted by atomic mass is 10.1. The Kier molecular flexibility index (Phi) is 5.35. The smallest absolute Gasteiger partial charge is 0.316 e. The highest BCUT2D eigenvalue weighted by Gasteiger charge is 2.34. The van der Waals surface area contributed by atoms with Crippen molar-refractivity contribution in [2.75, 3.05) is 7.05 Å². The van der Waals surface area contributed by atoms with Gasteiger partial charge in [0, 0.05) is 20.8 Å². The molecule has 0 spiro atoms. The molecule has 0 unspecified atom stereocenters. The highest BCUT2D eigenvalue weighted by Crippen LogP contribution is 2.41. The molecule has 6 heteroatoms. The van der Waals surface area contributed by atoms with Crippen molar-refractivity contribution in [3.63, 3.8) is 0 Å². The average molecular weight is 376 g/mol. The monoisotopic (exact) mass is 375 g/mol. The molecule has 2 aromatic rings. The van der Waals surface area contributed by atoms with Gasteiger partial charge in [0.15, 0.2) is 0 Å². The number of halogens is 4. The molecule has 0 bridgehead atoms. The molecule has 0 amide bonds. The molecule has 0 heterocycles. The number of benzene rings is 2. The quantitative estimate of drug-likeness (QED) is 0.773. The molecule has 0 saturated heterocycles. The summed E-state index contributed by atoms with van der Waals surface area (Å²) in [6.45, 7) is 0.406. The second kappa shape index (κ2) is 6.85. The Morgan fingerprint density at radius 1 is 1.10 bits per heavy atom. The van der Waals surface area contributed by atoms with Crippen molar-refractivity contribution >= 4 is 27.7 Å². The number of hydrogen-bond donors (Lipinski definition) is 1. The van der Waals surface area contributed by atoms with Gasteiger partial charge in [-0.3, -0.25) is 0 Å². The van der Waals surface area contributed by atoms with E-state index in [0.29, 0.717) is 12.1 Å². The summed E-state index contributed by atoms with van der Waals surface area (Å²) in [6, 6.07) is 11.7. The van der Waals surface area contributed by atoms with Crippen molar-refractivity contribution in [3.05, 3.63) is 58.1 Å². The number of nitrogens with one attached hydrogen (secondary N) is 1. The summed E-state index contributed by atoms with van der Waals surface area (Å²) in [5.74, 6) is 0. The predicted octanol–water partition coefficient (Wildman–Crippen LogP) is 5.34. The maximum atomic E-state index is 13.2. The first-order valence-corrected chi connectivity index (χ1v) is 7.80. The molecule has 0 aliphatic heterocycles. The van der Waals surface area contributed by atoms with E-state index in [4.69, 9.17) is 0 Å². The molecular formula is C15H13BrF3NS. The van der Waals surface area contributed by atoms with Crippen LogP contribution in [-0.2, 0) is 12.7 Å². The fourth-order valence-electron chi connectivity index (χ4n) is 1.85. The van der Waals surface area contributed by atoms with Crippen molar-refractivity contribution in [1.29, 1.82) is 0 Å². The van der Waals surface area contributed by atoms with E-state index in [9.17, 15) is 13.2 Å². The Morgan fingerprint density at radius 3 is 2.43 bits per heavy atom. The maximum Gasteiger partial charge on any atom is 0.417 e. The van der Waals surface area contributed by atoms with Crippen LogP contribution in [0.4, 0.5) is 13.2 Å². The van der Waals surface area contributed by atoms with Crippen LogP contribution in [0.2, 0.25) is 0 Å². The minimum atomic E-state index is -4.37. The van der Waals surface area contributed by atoms with Gasteiger partial charge >= 0.3 is 6.18 Å². The van der Waals surface area contributed by atoms with E-state index in [0.717, 1.165) is 21.1 Å². The summed E-state index contributed by atoms with van der Waals surface area (Å²) in [5.41, 5.74) is 0.0114. The van der Waals surface area contributed by atoms with E-state index in [1.165, 1.54) is 12.1 Å². The van der Waals surface area contributed by atoms with E-state index >= 15 is 0 Å². The SMILES string of the molecule is CNCc1ccc(Sc2ccccc2Br)c(C(F)(F)F)c1. The molecule has 1 N–H and O–H groups in total. The molecule has 0 aliphatic rings. The van der Waals surface area contributed by atoms with E-state index < -0.39 is 11.7 Å². The summed E-state index contributed by atoms with van der Waals surface area (Å²) >= 11 is 4.46. The van der Waals surface area contributed by atoms with Crippen LogP contribution in [0.3, 0.4) is 0 Å². The summed E-state index contributed by atoms with van der Waals surface area (Å²) < 4.78 is 40.5. The van der Waals surface area contributed by atoms with Crippen molar-refractivity contribution in [3.8, 4) is 0 Å². The number of alkyl halides is 3. The zero-order valence-electron chi connectivity index (χ0n) is 11.2. The Balaban J connectivity index is 2.41. The van der Waals surface area contributed by atoms with Crippen LogP contribution in [0, 0.1) is 0 Å². The van der Waals surface area contributed by atoms with Crippen LogP contribution in [0.15, 0.2) is 56.7 Å². The third-order valence-corrected chi connectivity index (χ3v) is 4.89. The minimum Gasteiger partial charge on any atom is -0.316 e. The normalized spacial score (nSPS) is 11.7. The Bertz CT molecular complexity index is 629. The second-order valence-electron chi connectivity index (χ2n) is 4.39. The van der Waals surface area contributed by atoms with Crippen molar-refractivity contribution in [2.24, 2.45) is 0 Å². The number of rotatable bonds is 4. The van der Waals surface area contributed by atoms with E-state index in [2.05, 4.69) is 21.2 Å². The second-order valence-corrected chi connectivity index (χ2v) is 6.33. The van der Waals surface area contributed by atoms with Gasteiger partial charge in [0.05, 0.1) is 5.56 Å². The Hall–Kier alpha value is -0.980. The lowest BCUT2D eigenvalue weighted by molar-refractivity contribution is -0.139. The van der Waals surface area contributed by atoms with Crippen LogP contribution in [0.25, 0.3) is 0 Å². The molecule has 0 atom stereocenters. The van der Waals surface area contributed by atoms with E-state index in [1.54, 1.807) is 25.2 Å². The van der Waals surface area contributed by atoms with Crippen molar-refractivity contribution < 1.29 is 13.2 Å². The van der Waals surface area contributed by atoms with Gasteiger partial charge in [-0.2, -0.15) is 13.2 Å². The summed E-state index contributed by atoms with van der Waals surface area (Å²) in [5, 5.41) is 2.86. The Morgan fingerprint density at radius 2 is 1.81 bits per heavy atom. The average Bonchev–Trinajstić information content (AvgIpc) is 2.42. The predicted molar refractivity (Wildman–Crippen MR) is 82.5 cm³/mol. The van der Waals surface area contributed by atoms with Gasteiger partial charge in [-0.15, -0.1) is 0 Å². The maximum absolute atomic E-state index is 13.2. The number of hydrogen-bond acceptors (Lipinski definition) is 2. The summed E-state index contributed by atoms with van der Waals surface area (Å²) in [7, 11) is 1.71. The van der Waals surface area contributed by atoms with Crippen LogP contribution in [-0.4, -0.2) is 7.05 Å². The Labute approximate surface area is 134 Å². The molecule has 1 nitrogen and oxygen atoms in total. The highest BCUT2D eigenvalue weighted by molar-refractivity contribution is 9.10. The van der Waals surface area contributed by atoms with Crippen LogP contribution < -0.4 is 5.32 Å².